The van der Waals surface area contributed by atoms with Gasteiger partial charge in [-0.3, -0.25) is 4.79 Å². The van der Waals surface area contributed by atoms with E-state index < -0.39 is 0 Å². The quantitative estimate of drug-likeness (QED) is 0.277. The van der Waals surface area contributed by atoms with E-state index in [9.17, 15) is 9.59 Å². The summed E-state index contributed by atoms with van der Waals surface area (Å²) in [6.07, 6.45) is 5.68. The lowest BCUT2D eigenvalue weighted by Gasteiger charge is -2.29. The molecule has 2 aromatic carbocycles. The number of benzene rings is 2. The fraction of sp³-hybridized carbons (Fsp3) is 0.344. The van der Waals surface area contributed by atoms with Gasteiger partial charge in [0.2, 0.25) is 0 Å². The Labute approximate surface area is 240 Å². The summed E-state index contributed by atoms with van der Waals surface area (Å²) in [6.45, 7) is 5.19. The van der Waals surface area contributed by atoms with Crippen molar-refractivity contribution < 1.29 is 19.1 Å². The van der Waals surface area contributed by atoms with E-state index in [4.69, 9.17) is 9.47 Å². The number of nitrogens with one attached hydrogen (secondary N) is 2. The Bertz CT molecular complexity index is 1550. The van der Waals surface area contributed by atoms with Gasteiger partial charge in [-0.15, -0.1) is 0 Å². The number of carbonyl (C=O) groups excluding carboxylic acids is 2. The van der Waals surface area contributed by atoms with Gasteiger partial charge in [-0.1, -0.05) is 24.3 Å². The van der Waals surface area contributed by atoms with Crippen LogP contribution in [0.5, 0.6) is 5.75 Å². The van der Waals surface area contributed by atoms with Crippen LogP contribution in [0, 0.1) is 0 Å². The predicted octanol–water partition coefficient (Wildman–Crippen LogP) is 6.03. The number of urea groups is 1. The van der Waals surface area contributed by atoms with Gasteiger partial charge in [0, 0.05) is 67.8 Å². The lowest BCUT2D eigenvalue weighted by atomic mass is 9.99. The minimum Gasteiger partial charge on any atom is -0.496 e. The molecule has 214 valence electrons. The average molecular weight is 556 g/mol. The first kappa shape index (κ1) is 28.2. The molecule has 9 heteroatoms. The number of ether oxygens (including phenoxy) is 2. The van der Waals surface area contributed by atoms with Crippen molar-refractivity contribution in [3.8, 4) is 28.0 Å². The molecular weight excluding hydrogens is 518 g/mol. The maximum absolute atomic E-state index is 13.4. The second kappa shape index (κ2) is 12.0. The zero-order valence-corrected chi connectivity index (χ0v) is 24.2. The summed E-state index contributed by atoms with van der Waals surface area (Å²) in [6, 6.07) is 15.1. The molecule has 1 aliphatic rings. The Kier molecular flexibility index (Phi) is 8.26. The van der Waals surface area contributed by atoms with E-state index in [0.29, 0.717) is 17.8 Å². The first-order chi connectivity index (χ1) is 19.8. The highest BCUT2D eigenvalue weighted by molar-refractivity contribution is 6.05. The molecule has 1 atom stereocenters. The number of hydrogen-bond acceptors (Lipinski definition) is 5. The summed E-state index contributed by atoms with van der Waals surface area (Å²) < 4.78 is 11.4. The van der Waals surface area contributed by atoms with E-state index in [2.05, 4.69) is 21.4 Å². The molecule has 5 rings (SSSR count). The standard InChI is InChI=1S/C32H37N5O4/c1-20(2)37(19-23-9-8-14-41-23)32(39)35-28-13-12-21(15-26(28)31(38)36(3)4)22-16-25-27(18-34-30(25)33-17-22)24-10-6-7-11-29(24)40-5/h6-7,10-13,15-18,20,23H,8-9,14,19H2,1-5H3,(H,33,34)(H,35,39). The molecule has 2 aromatic heterocycles. The second-order valence-electron chi connectivity index (χ2n) is 10.8. The molecule has 0 bridgehead atoms. The van der Waals surface area contributed by atoms with E-state index in [1.165, 1.54) is 4.90 Å². The summed E-state index contributed by atoms with van der Waals surface area (Å²) in [5.41, 5.74) is 5.21. The van der Waals surface area contributed by atoms with Gasteiger partial charge in [0.25, 0.3) is 5.91 Å². The molecule has 41 heavy (non-hydrogen) atoms. The molecule has 3 heterocycles. The van der Waals surface area contributed by atoms with E-state index in [-0.39, 0.29) is 24.1 Å². The van der Waals surface area contributed by atoms with Crippen molar-refractivity contribution in [2.24, 2.45) is 0 Å². The fourth-order valence-electron chi connectivity index (χ4n) is 5.22. The molecule has 3 amide bonds. The van der Waals surface area contributed by atoms with Gasteiger partial charge in [-0.05, 0) is 56.5 Å². The number of para-hydroxylation sites is 1. The first-order valence-electron chi connectivity index (χ1n) is 13.9. The summed E-state index contributed by atoms with van der Waals surface area (Å²) in [4.78, 5) is 37.9. The number of amides is 3. The van der Waals surface area contributed by atoms with E-state index >= 15 is 0 Å². The van der Waals surface area contributed by atoms with Crippen molar-refractivity contribution in [3.05, 3.63) is 66.5 Å². The third-order valence-corrected chi connectivity index (χ3v) is 7.47. The molecule has 1 unspecified atom stereocenters. The third kappa shape index (κ3) is 5.90. The van der Waals surface area contributed by atoms with E-state index in [1.54, 1.807) is 38.4 Å². The Morgan fingerprint density at radius 1 is 1.12 bits per heavy atom. The van der Waals surface area contributed by atoms with Crippen molar-refractivity contribution in [1.29, 1.82) is 0 Å². The zero-order valence-electron chi connectivity index (χ0n) is 24.2. The summed E-state index contributed by atoms with van der Waals surface area (Å²) in [7, 11) is 5.06. The SMILES string of the molecule is COc1ccccc1-c1c[nH]c2ncc(-c3ccc(NC(=O)N(CC4CCCO4)C(C)C)c(C(=O)N(C)C)c3)cc12. The highest BCUT2D eigenvalue weighted by Crippen LogP contribution is 2.36. The lowest BCUT2D eigenvalue weighted by Crippen LogP contribution is -2.44. The van der Waals surface area contributed by atoms with Crippen molar-refractivity contribution in [2.75, 3.05) is 39.7 Å². The van der Waals surface area contributed by atoms with Gasteiger partial charge in [0.05, 0.1) is 24.5 Å². The molecule has 1 aliphatic heterocycles. The van der Waals surface area contributed by atoms with Crippen LogP contribution in [0.25, 0.3) is 33.3 Å². The van der Waals surface area contributed by atoms with Crippen LogP contribution in [0.2, 0.25) is 0 Å². The Hall–Kier alpha value is -4.37. The van der Waals surface area contributed by atoms with E-state index in [0.717, 1.165) is 58.5 Å². The fourth-order valence-corrected chi connectivity index (χ4v) is 5.22. The normalized spacial score (nSPS) is 14.8. The molecule has 0 radical (unpaired) electrons. The molecule has 1 fully saturated rings. The van der Waals surface area contributed by atoms with Crippen LogP contribution in [0.4, 0.5) is 10.5 Å². The van der Waals surface area contributed by atoms with Gasteiger partial charge in [0.1, 0.15) is 11.4 Å². The first-order valence-corrected chi connectivity index (χ1v) is 13.9. The number of aromatic amines is 1. The number of rotatable bonds is 8. The van der Waals surface area contributed by atoms with Crippen molar-refractivity contribution in [3.63, 3.8) is 0 Å². The minimum absolute atomic E-state index is 0.0249. The van der Waals surface area contributed by atoms with Crippen LogP contribution < -0.4 is 10.1 Å². The molecule has 4 aromatic rings. The van der Waals surface area contributed by atoms with Gasteiger partial charge in [0.15, 0.2) is 0 Å². The molecule has 0 aliphatic carbocycles. The summed E-state index contributed by atoms with van der Waals surface area (Å²) >= 11 is 0. The van der Waals surface area contributed by atoms with Gasteiger partial charge in [-0.25, -0.2) is 9.78 Å². The van der Waals surface area contributed by atoms with Gasteiger partial charge < -0.3 is 29.6 Å². The minimum atomic E-state index is -0.257. The van der Waals surface area contributed by atoms with Crippen molar-refractivity contribution in [2.45, 2.75) is 38.8 Å². The number of carbonyl (C=O) groups is 2. The molecular formula is C32H37N5O4. The number of nitrogens with zero attached hydrogens (tertiary/aromatic N) is 3. The van der Waals surface area contributed by atoms with Crippen LogP contribution in [-0.2, 0) is 4.74 Å². The number of anilines is 1. The number of fused-ring (bicyclic) bond motifs is 1. The van der Waals surface area contributed by atoms with Crippen LogP contribution >= 0.6 is 0 Å². The number of H-pyrrole nitrogens is 1. The Morgan fingerprint density at radius 3 is 2.63 bits per heavy atom. The van der Waals surface area contributed by atoms with Crippen molar-refractivity contribution >= 4 is 28.7 Å². The molecule has 9 nitrogen and oxygen atoms in total. The van der Waals surface area contributed by atoms with Crippen LogP contribution in [0.3, 0.4) is 0 Å². The van der Waals surface area contributed by atoms with Crippen LogP contribution in [0.1, 0.15) is 37.0 Å². The molecule has 0 saturated carbocycles. The summed E-state index contributed by atoms with van der Waals surface area (Å²) in [5.74, 6) is 0.565. The Balaban J connectivity index is 1.49. The topological polar surface area (TPSA) is 99.8 Å². The summed E-state index contributed by atoms with van der Waals surface area (Å²) in [5, 5.41) is 3.94. The third-order valence-electron chi connectivity index (χ3n) is 7.47. The highest BCUT2D eigenvalue weighted by Gasteiger charge is 2.26. The average Bonchev–Trinajstić information content (AvgIpc) is 3.65. The van der Waals surface area contributed by atoms with Crippen LogP contribution in [-0.4, -0.2) is 78.2 Å². The predicted molar refractivity (Wildman–Crippen MR) is 161 cm³/mol. The second-order valence-corrected chi connectivity index (χ2v) is 10.8. The molecule has 0 spiro atoms. The van der Waals surface area contributed by atoms with Crippen LogP contribution in [0.15, 0.2) is 60.9 Å². The molecule has 2 N–H and O–H groups in total. The number of pyridine rings is 1. The largest absolute Gasteiger partial charge is 0.496 e. The monoisotopic (exact) mass is 555 g/mol. The molecule has 1 saturated heterocycles. The Morgan fingerprint density at radius 2 is 1.93 bits per heavy atom. The smallest absolute Gasteiger partial charge is 0.322 e. The zero-order chi connectivity index (χ0) is 29.1. The maximum Gasteiger partial charge on any atom is 0.322 e. The number of hydrogen-bond donors (Lipinski definition) is 2. The van der Waals surface area contributed by atoms with E-state index in [1.807, 2.05) is 56.4 Å². The number of methoxy groups -OCH3 is 1. The van der Waals surface area contributed by atoms with Crippen molar-refractivity contribution in [1.82, 2.24) is 19.8 Å². The number of aromatic nitrogens is 2. The maximum atomic E-state index is 13.4. The van der Waals surface area contributed by atoms with Gasteiger partial charge in [-0.2, -0.15) is 0 Å². The highest BCUT2D eigenvalue weighted by atomic mass is 16.5. The lowest BCUT2D eigenvalue weighted by molar-refractivity contribution is 0.0763. The van der Waals surface area contributed by atoms with Gasteiger partial charge >= 0.3 is 6.03 Å².